The van der Waals surface area contributed by atoms with Crippen LogP contribution in [0.5, 0.6) is 0 Å². The molecule has 0 spiro atoms. The van der Waals surface area contributed by atoms with Crippen LogP contribution in [0.15, 0.2) is 0 Å². The highest BCUT2D eigenvalue weighted by molar-refractivity contribution is 5.88. The summed E-state index contributed by atoms with van der Waals surface area (Å²) in [4.78, 5) is 23.1. The number of nitrogens with two attached hydrogens (primary N) is 1. The topological polar surface area (TPSA) is 84.2 Å². The van der Waals surface area contributed by atoms with Crippen molar-refractivity contribution < 1.29 is 9.59 Å². The van der Waals surface area contributed by atoms with Gasteiger partial charge in [0, 0.05) is 6.54 Å². The number of carbonyl (C=O) groups is 2. The van der Waals surface area contributed by atoms with E-state index in [9.17, 15) is 9.59 Å². The Hall–Kier alpha value is -1.10. The van der Waals surface area contributed by atoms with Gasteiger partial charge in [-0.15, -0.1) is 0 Å². The highest BCUT2D eigenvalue weighted by Gasteiger charge is 2.32. The third-order valence-electron chi connectivity index (χ3n) is 3.13. The maximum atomic E-state index is 11.9. The lowest BCUT2D eigenvalue weighted by Gasteiger charge is -2.22. The predicted octanol–water partition coefficient (Wildman–Crippen LogP) is -0.532. The molecular formula is C11H21N3O2. The van der Waals surface area contributed by atoms with Crippen molar-refractivity contribution in [2.45, 2.75) is 26.8 Å². The molecule has 1 fully saturated rings. The summed E-state index contributed by atoms with van der Waals surface area (Å²) in [7, 11) is 0. The quantitative estimate of drug-likeness (QED) is 0.603. The first-order valence-electron chi connectivity index (χ1n) is 5.74. The van der Waals surface area contributed by atoms with E-state index in [0.717, 1.165) is 6.54 Å². The Morgan fingerprint density at radius 1 is 1.38 bits per heavy atom. The summed E-state index contributed by atoms with van der Waals surface area (Å²) in [5, 5.41) is 5.89. The minimum absolute atomic E-state index is 0.0196. The van der Waals surface area contributed by atoms with E-state index in [-0.39, 0.29) is 17.7 Å². The Morgan fingerprint density at radius 3 is 2.38 bits per heavy atom. The van der Waals surface area contributed by atoms with E-state index in [2.05, 4.69) is 10.6 Å². The molecule has 3 unspecified atom stereocenters. The summed E-state index contributed by atoms with van der Waals surface area (Å²) in [5.41, 5.74) is 5.25. The molecule has 1 aliphatic heterocycles. The largest absolute Gasteiger partial charge is 0.368 e. The number of carbonyl (C=O) groups excluding carboxylic acids is 2. The first-order chi connectivity index (χ1) is 7.43. The van der Waals surface area contributed by atoms with Crippen LogP contribution in [0.2, 0.25) is 0 Å². The van der Waals surface area contributed by atoms with Gasteiger partial charge in [0.1, 0.15) is 6.04 Å². The molecule has 92 valence electrons. The van der Waals surface area contributed by atoms with Gasteiger partial charge in [0.25, 0.3) is 0 Å². The van der Waals surface area contributed by atoms with Crippen LogP contribution < -0.4 is 16.4 Å². The molecular weight excluding hydrogens is 206 g/mol. The minimum Gasteiger partial charge on any atom is -0.368 e. The van der Waals surface area contributed by atoms with E-state index in [1.165, 1.54) is 0 Å². The molecule has 3 atom stereocenters. The molecule has 2 amide bonds. The number of rotatable bonds is 4. The normalized spacial score (nSPS) is 26.8. The molecule has 0 aromatic carbocycles. The second-order valence-electron chi connectivity index (χ2n) is 4.87. The van der Waals surface area contributed by atoms with E-state index in [4.69, 9.17) is 5.73 Å². The summed E-state index contributed by atoms with van der Waals surface area (Å²) in [5.74, 6) is -0.274. The first kappa shape index (κ1) is 13.0. The molecule has 0 aliphatic carbocycles. The average Bonchev–Trinajstić information content (AvgIpc) is 2.59. The molecule has 0 saturated carbocycles. The monoisotopic (exact) mass is 227 g/mol. The number of amides is 2. The fourth-order valence-corrected chi connectivity index (χ4v) is 1.99. The molecule has 1 aliphatic rings. The Bertz CT molecular complexity index is 278. The molecule has 0 aromatic heterocycles. The van der Waals surface area contributed by atoms with Gasteiger partial charge in [-0.25, -0.2) is 0 Å². The van der Waals surface area contributed by atoms with Crippen molar-refractivity contribution in [3.63, 3.8) is 0 Å². The van der Waals surface area contributed by atoms with Crippen molar-refractivity contribution in [3.8, 4) is 0 Å². The van der Waals surface area contributed by atoms with Gasteiger partial charge in [0.05, 0.1) is 5.92 Å². The van der Waals surface area contributed by atoms with E-state index in [1.807, 2.05) is 20.8 Å². The van der Waals surface area contributed by atoms with Crippen molar-refractivity contribution in [2.75, 3.05) is 13.1 Å². The zero-order chi connectivity index (χ0) is 12.3. The lowest BCUT2D eigenvalue weighted by Crippen LogP contribution is -2.50. The van der Waals surface area contributed by atoms with Gasteiger partial charge in [0.2, 0.25) is 11.8 Å². The summed E-state index contributed by atoms with van der Waals surface area (Å²) in [6.45, 7) is 7.29. The Morgan fingerprint density at radius 2 is 2.00 bits per heavy atom. The number of primary amides is 1. The lowest BCUT2D eigenvalue weighted by atomic mass is 9.95. The molecule has 5 heteroatoms. The molecule has 1 heterocycles. The summed E-state index contributed by atoms with van der Waals surface area (Å²) >= 11 is 0. The molecule has 16 heavy (non-hydrogen) atoms. The number of nitrogens with one attached hydrogen (secondary N) is 2. The predicted molar refractivity (Wildman–Crippen MR) is 61.5 cm³/mol. The van der Waals surface area contributed by atoms with E-state index in [1.54, 1.807) is 0 Å². The molecule has 5 nitrogen and oxygen atoms in total. The van der Waals surface area contributed by atoms with Gasteiger partial charge >= 0.3 is 0 Å². The first-order valence-corrected chi connectivity index (χ1v) is 5.74. The van der Waals surface area contributed by atoms with Crippen LogP contribution in [-0.2, 0) is 9.59 Å². The lowest BCUT2D eigenvalue weighted by molar-refractivity contribution is -0.131. The zero-order valence-corrected chi connectivity index (χ0v) is 10.1. The van der Waals surface area contributed by atoms with Gasteiger partial charge in [-0.1, -0.05) is 20.8 Å². The number of hydrogen-bond acceptors (Lipinski definition) is 3. The van der Waals surface area contributed by atoms with Crippen LogP contribution in [0, 0.1) is 17.8 Å². The Balaban J connectivity index is 2.58. The summed E-state index contributed by atoms with van der Waals surface area (Å²) in [6, 6.07) is -0.569. The van der Waals surface area contributed by atoms with Crippen molar-refractivity contribution in [1.29, 1.82) is 0 Å². The SMILES string of the molecule is CC(C)C(NC(=O)C1CNCC1C)C(N)=O. The third-order valence-corrected chi connectivity index (χ3v) is 3.13. The van der Waals surface area contributed by atoms with Crippen LogP contribution in [-0.4, -0.2) is 30.9 Å². The van der Waals surface area contributed by atoms with Crippen molar-refractivity contribution in [3.05, 3.63) is 0 Å². The van der Waals surface area contributed by atoms with E-state index in [0.29, 0.717) is 12.5 Å². The average molecular weight is 227 g/mol. The fraction of sp³-hybridized carbons (Fsp3) is 0.818. The second kappa shape index (κ2) is 5.30. The highest BCUT2D eigenvalue weighted by Crippen LogP contribution is 2.16. The molecule has 1 saturated heterocycles. The van der Waals surface area contributed by atoms with Gasteiger partial charge in [-0.3, -0.25) is 9.59 Å². The van der Waals surface area contributed by atoms with Crippen LogP contribution >= 0.6 is 0 Å². The maximum Gasteiger partial charge on any atom is 0.240 e. The van der Waals surface area contributed by atoms with Crippen LogP contribution in [0.3, 0.4) is 0 Å². The Kier molecular flexibility index (Phi) is 4.29. The molecule has 1 rings (SSSR count). The Labute approximate surface area is 96.1 Å². The van der Waals surface area contributed by atoms with Gasteiger partial charge < -0.3 is 16.4 Å². The van der Waals surface area contributed by atoms with Gasteiger partial charge in [0.15, 0.2) is 0 Å². The molecule has 0 aromatic rings. The smallest absolute Gasteiger partial charge is 0.240 e. The number of hydrogen-bond donors (Lipinski definition) is 3. The second-order valence-corrected chi connectivity index (χ2v) is 4.87. The molecule has 4 N–H and O–H groups in total. The van der Waals surface area contributed by atoms with E-state index >= 15 is 0 Å². The van der Waals surface area contributed by atoms with Crippen molar-refractivity contribution >= 4 is 11.8 Å². The zero-order valence-electron chi connectivity index (χ0n) is 10.1. The standard InChI is InChI=1S/C11H21N3O2/c1-6(2)9(10(12)15)14-11(16)8-5-13-4-7(8)3/h6-9,13H,4-5H2,1-3H3,(H2,12,15)(H,14,16). The van der Waals surface area contributed by atoms with Gasteiger partial charge in [-0.05, 0) is 18.4 Å². The van der Waals surface area contributed by atoms with Crippen LogP contribution in [0.25, 0.3) is 0 Å². The molecule has 0 radical (unpaired) electrons. The van der Waals surface area contributed by atoms with E-state index < -0.39 is 11.9 Å². The minimum atomic E-state index is -0.569. The van der Waals surface area contributed by atoms with Crippen molar-refractivity contribution in [2.24, 2.45) is 23.5 Å². The maximum absolute atomic E-state index is 11.9. The third kappa shape index (κ3) is 2.95. The molecule has 0 bridgehead atoms. The summed E-state index contributed by atoms with van der Waals surface area (Å²) in [6.07, 6.45) is 0. The van der Waals surface area contributed by atoms with Crippen LogP contribution in [0.4, 0.5) is 0 Å². The van der Waals surface area contributed by atoms with Crippen LogP contribution in [0.1, 0.15) is 20.8 Å². The van der Waals surface area contributed by atoms with Crippen molar-refractivity contribution in [1.82, 2.24) is 10.6 Å². The fourth-order valence-electron chi connectivity index (χ4n) is 1.99. The van der Waals surface area contributed by atoms with Gasteiger partial charge in [-0.2, -0.15) is 0 Å². The summed E-state index contributed by atoms with van der Waals surface area (Å²) < 4.78 is 0. The highest BCUT2D eigenvalue weighted by atomic mass is 16.2.